The van der Waals surface area contributed by atoms with E-state index in [1.165, 1.54) is 11.9 Å². The van der Waals surface area contributed by atoms with Crippen molar-refractivity contribution in [3.8, 4) is 0 Å². The standard InChI is InChI=1S/C36H51ClN8O3S/c1-24-22-45-32(40-34(24)43-19-14-26(23-43)44(18-9-16-39-17-15-38)35(47)48-36(2,3)4)21-30(41-45)27-10-7-6-8-11-28(27)33(46)29-13-12-25(37)20-31(29)42-49-5/h11-13,20-22,26-27,39,42H,6-10,14-19,23,38H2,1-5H3/t26-,27?/m0/s1. The number of benzene rings is 1. The highest BCUT2D eigenvalue weighted by Gasteiger charge is 2.35. The molecular formula is C36H51ClN8O3S. The molecule has 1 amide bonds. The molecule has 1 unspecified atom stereocenters. The molecule has 2 atom stereocenters. The number of Topliss-reactive ketones (excluding diaryl/α,β-unsaturated/α-hetero) is 1. The highest BCUT2D eigenvalue weighted by atomic mass is 35.5. The summed E-state index contributed by atoms with van der Waals surface area (Å²) >= 11 is 7.71. The summed E-state index contributed by atoms with van der Waals surface area (Å²) in [5.41, 5.74) is 9.71. The fourth-order valence-electron chi connectivity index (χ4n) is 6.71. The molecule has 1 aromatic carbocycles. The van der Waals surface area contributed by atoms with Crippen LogP contribution in [0.4, 0.5) is 16.3 Å². The van der Waals surface area contributed by atoms with Crippen molar-refractivity contribution in [1.82, 2.24) is 24.8 Å². The number of ketones is 1. The lowest BCUT2D eigenvalue weighted by atomic mass is 9.86. The molecule has 0 saturated carbocycles. The Labute approximate surface area is 299 Å². The maximum Gasteiger partial charge on any atom is 0.410 e. The van der Waals surface area contributed by atoms with Crippen molar-refractivity contribution in [3.63, 3.8) is 0 Å². The van der Waals surface area contributed by atoms with Crippen LogP contribution in [0.5, 0.6) is 0 Å². The Morgan fingerprint density at radius 2 is 2.00 bits per heavy atom. The normalized spacial score (nSPS) is 18.3. The molecule has 5 rings (SSSR count). The summed E-state index contributed by atoms with van der Waals surface area (Å²) in [6, 6.07) is 7.40. The number of amides is 1. The van der Waals surface area contributed by atoms with E-state index in [1.807, 2.05) is 55.6 Å². The van der Waals surface area contributed by atoms with Gasteiger partial charge in [0.2, 0.25) is 0 Å². The van der Waals surface area contributed by atoms with E-state index in [9.17, 15) is 9.59 Å². The van der Waals surface area contributed by atoms with Crippen LogP contribution in [-0.4, -0.2) is 88.5 Å². The van der Waals surface area contributed by atoms with E-state index < -0.39 is 5.60 Å². The average Bonchev–Trinajstić information content (AvgIpc) is 3.61. The van der Waals surface area contributed by atoms with Gasteiger partial charge in [0.15, 0.2) is 11.4 Å². The van der Waals surface area contributed by atoms with E-state index in [4.69, 9.17) is 32.2 Å². The molecule has 266 valence electrons. The van der Waals surface area contributed by atoms with E-state index in [0.717, 1.165) is 86.5 Å². The van der Waals surface area contributed by atoms with Crippen molar-refractivity contribution in [1.29, 1.82) is 0 Å². The minimum Gasteiger partial charge on any atom is -0.444 e. The van der Waals surface area contributed by atoms with E-state index in [-0.39, 0.29) is 23.8 Å². The molecule has 2 aliphatic rings. The largest absolute Gasteiger partial charge is 0.444 e. The second-order valence-electron chi connectivity index (χ2n) is 13.9. The summed E-state index contributed by atoms with van der Waals surface area (Å²) in [4.78, 5) is 36.7. The summed E-state index contributed by atoms with van der Waals surface area (Å²) in [6.07, 6.45) is 11.1. The summed E-state index contributed by atoms with van der Waals surface area (Å²) in [5, 5.41) is 8.88. The Balaban J connectivity index is 1.37. The number of ether oxygens (including phenoxy) is 1. The van der Waals surface area contributed by atoms with Gasteiger partial charge in [0.25, 0.3) is 0 Å². The number of carbonyl (C=O) groups excluding carboxylic acids is 2. The topological polar surface area (TPSA) is 130 Å². The van der Waals surface area contributed by atoms with Crippen LogP contribution >= 0.6 is 23.5 Å². The zero-order chi connectivity index (χ0) is 35.1. The quantitative estimate of drug-likeness (QED) is 0.101. The van der Waals surface area contributed by atoms with E-state index in [0.29, 0.717) is 35.9 Å². The zero-order valence-electron chi connectivity index (χ0n) is 29.4. The molecule has 3 heterocycles. The van der Waals surface area contributed by atoms with E-state index in [1.54, 1.807) is 18.2 Å². The first-order valence-electron chi connectivity index (χ1n) is 17.3. The van der Waals surface area contributed by atoms with Crippen LogP contribution in [0.25, 0.3) is 5.65 Å². The lowest BCUT2D eigenvalue weighted by molar-refractivity contribution is 0.0176. The monoisotopic (exact) mass is 710 g/mol. The number of anilines is 2. The summed E-state index contributed by atoms with van der Waals surface area (Å²) < 4.78 is 10.9. The van der Waals surface area contributed by atoms with Crippen molar-refractivity contribution in [2.75, 3.05) is 55.1 Å². The van der Waals surface area contributed by atoms with Gasteiger partial charge in [-0.05, 0) is 84.5 Å². The SMILES string of the molecule is CSNc1cc(Cl)ccc1C(=O)C1=CCCCCC1c1cc2nc(N3CC[C@H](N(CCCNCCN)C(=O)OC(C)(C)C)C3)c(C)cn2n1. The van der Waals surface area contributed by atoms with Gasteiger partial charge in [0.05, 0.1) is 17.4 Å². The molecule has 0 bridgehead atoms. The maximum atomic E-state index is 14.1. The van der Waals surface area contributed by atoms with Crippen LogP contribution in [0.15, 0.2) is 42.1 Å². The molecule has 49 heavy (non-hydrogen) atoms. The average molecular weight is 711 g/mol. The number of aryl methyl sites for hydroxylation is 1. The molecule has 0 spiro atoms. The second-order valence-corrected chi connectivity index (χ2v) is 14.9. The fraction of sp³-hybridized carbons (Fsp3) is 0.556. The molecule has 1 aliphatic heterocycles. The molecule has 1 fully saturated rings. The van der Waals surface area contributed by atoms with Gasteiger partial charge in [-0.15, -0.1) is 0 Å². The summed E-state index contributed by atoms with van der Waals surface area (Å²) in [5.74, 6) is 0.739. The number of aromatic nitrogens is 3. The van der Waals surface area contributed by atoms with Gasteiger partial charge in [-0.3, -0.25) is 4.79 Å². The first-order valence-corrected chi connectivity index (χ1v) is 18.9. The van der Waals surface area contributed by atoms with Crippen LogP contribution in [0, 0.1) is 6.92 Å². The van der Waals surface area contributed by atoms with Crippen molar-refractivity contribution in [2.24, 2.45) is 5.73 Å². The Kier molecular flexibility index (Phi) is 12.5. The van der Waals surface area contributed by atoms with E-state index >= 15 is 0 Å². The third kappa shape index (κ3) is 9.27. The molecule has 3 aromatic rings. The number of hydrogen-bond donors (Lipinski definition) is 3. The molecule has 1 aliphatic carbocycles. The Bertz CT molecular complexity index is 1650. The number of nitrogens with one attached hydrogen (secondary N) is 2. The van der Waals surface area contributed by atoms with Gasteiger partial charge in [-0.2, -0.15) is 5.10 Å². The van der Waals surface area contributed by atoms with Gasteiger partial charge < -0.3 is 30.3 Å². The molecule has 11 nitrogen and oxygen atoms in total. The fourth-order valence-corrected chi connectivity index (χ4v) is 7.27. The van der Waals surface area contributed by atoms with E-state index in [2.05, 4.69) is 21.0 Å². The molecule has 0 radical (unpaired) electrons. The maximum absolute atomic E-state index is 14.1. The van der Waals surface area contributed by atoms with Crippen molar-refractivity contribution < 1.29 is 14.3 Å². The molecule has 2 aromatic heterocycles. The highest BCUT2D eigenvalue weighted by molar-refractivity contribution is 7.99. The lowest BCUT2D eigenvalue weighted by Gasteiger charge is -2.32. The van der Waals surface area contributed by atoms with Gasteiger partial charge in [-0.1, -0.05) is 36.0 Å². The highest BCUT2D eigenvalue weighted by Crippen LogP contribution is 2.37. The van der Waals surface area contributed by atoms with Crippen LogP contribution in [-0.2, 0) is 4.74 Å². The lowest BCUT2D eigenvalue weighted by Crippen LogP contribution is -2.45. The van der Waals surface area contributed by atoms with Crippen LogP contribution in [0.1, 0.15) is 86.8 Å². The Morgan fingerprint density at radius 1 is 1.18 bits per heavy atom. The number of hydrogen-bond acceptors (Lipinski definition) is 10. The Morgan fingerprint density at radius 3 is 2.76 bits per heavy atom. The number of allylic oxidation sites excluding steroid dienone is 2. The second kappa shape index (κ2) is 16.6. The van der Waals surface area contributed by atoms with Gasteiger partial charge >= 0.3 is 6.09 Å². The first kappa shape index (κ1) is 36.9. The van der Waals surface area contributed by atoms with Crippen molar-refractivity contribution >= 4 is 52.6 Å². The minimum atomic E-state index is -0.575. The van der Waals surface area contributed by atoms with Crippen molar-refractivity contribution in [2.45, 2.75) is 83.8 Å². The summed E-state index contributed by atoms with van der Waals surface area (Å²) in [7, 11) is 0. The Hall–Kier alpha value is -3.32. The summed E-state index contributed by atoms with van der Waals surface area (Å²) in [6.45, 7) is 11.9. The number of nitrogens with zero attached hydrogens (tertiary/aromatic N) is 5. The number of halogens is 1. The molecule has 13 heteroatoms. The third-order valence-corrected chi connectivity index (χ3v) is 9.63. The van der Waals surface area contributed by atoms with Gasteiger partial charge in [-0.25, -0.2) is 14.3 Å². The predicted octanol–water partition coefficient (Wildman–Crippen LogP) is 6.60. The zero-order valence-corrected chi connectivity index (χ0v) is 31.0. The van der Waals surface area contributed by atoms with Crippen LogP contribution < -0.4 is 20.7 Å². The number of nitrogens with two attached hydrogens (primary N) is 1. The smallest absolute Gasteiger partial charge is 0.410 e. The van der Waals surface area contributed by atoms with Crippen molar-refractivity contribution in [3.05, 3.63) is 64.0 Å². The molecular weight excluding hydrogens is 660 g/mol. The third-order valence-electron chi connectivity index (χ3n) is 8.97. The number of carbonyl (C=O) groups is 2. The minimum absolute atomic E-state index is 0.00480. The van der Waals surface area contributed by atoms with Gasteiger partial charge in [0, 0.05) is 78.9 Å². The number of rotatable bonds is 13. The predicted molar refractivity (Wildman–Crippen MR) is 200 cm³/mol. The van der Waals surface area contributed by atoms with Crippen LogP contribution in [0.2, 0.25) is 5.02 Å². The molecule has 1 saturated heterocycles. The molecule has 4 N–H and O–H groups in total. The van der Waals surface area contributed by atoms with Crippen LogP contribution in [0.3, 0.4) is 0 Å². The number of fused-ring (bicyclic) bond motifs is 1. The first-order chi connectivity index (χ1) is 23.5. The van der Waals surface area contributed by atoms with Gasteiger partial charge in [0.1, 0.15) is 11.4 Å².